The van der Waals surface area contributed by atoms with Gasteiger partial charge in [-0.1, -0.05) is 24.3 Å². The third-order valence-corrected chi connectivity index (χ3v) is 4.02. The van der Waals surface area contributed by atoms with Gasteiger partial charge in [-0.3, -0.25) is 4.79 Å². The van der Waals surface area contributed by atoms with Gasteiger partial charge in [-0.25, -0.2) is 8.78 Å². The molecule has 6 heteroatoms. The van der Waals surface area contributed by atoms with Gasteiger partial charge in [-0.05, 0) is 29.3 Å². The number of hydrogen-bond donors (Lipinski definition) is 2. The zero-order valence-corrected chi connectivity index (χ0v) is 12.5. The van der Waals surface area contributed by atoms with E-state index < -0.39 is 11.6 Å². The van der Waals surface area contributed by atoms with Crippen molar-refractivity contribution in [1.82, 2.24) is 5.32 Å². The normalized spacial score (nSPS) is 10.5. The number of thioether (sulfide) groups is 1. The van der Waals surface area contributed by atoms with Gasteiger partial charge in [-0.2, -0.15) is 0 Å². The molecular weight excluding hydrogens is 308 g/mol. The molecule has 0 aliphatic heterocycles. The summed E-state index contributed by atoms with van der Waals surface area (Å²) in [6.07, 6.45) is 0. The van der Waals surface area contributed by atoms with Crippen LogP contribution >= 0.6 is 11.8 Å². The molecule has 0 atom stereocenters. The van der Waals surface area contributed by atoms with Crippen molar-refractivity contribution < 1.29 is 18.7 Å². The SMILES string of the molecule is O=C(CSc1ccc(F)c(F)c1)NCc1ccccc1CO. The maximum Gasteiger partial charge on any atom is 0.230 e. The summed E-state index contributed by atoms with van der Waals surface area (Å²) >= 11 is 1.13. The zero-order chi connectivity index (χ0) is 15.9. The van der Waals surface area contributed by atoms with Gasteiger partial charge in [0.2, 0.25) is 5.91 Å². The van der Waals surface area contributed by atoms with Gasteiger partial charge in [0.25, 0.3) is 0 Å². The van der Waals surface area contributed by atoms with E-state index in [1.54, 1.807) is 6.07 Å². The van der Waals surface area contributed by atoms with Crippen LogP contribution in [-0.2, 0) is 17.9 Å². The molecule has 1 amide bonds. The number of halogens is 2. The summed E-state index contributed by atoms with van der Waals surface area (Å²) in [6, 6.07) is 10.8. The molecule has 2 aromatic carbocycles. The van der Waals surface area contributed by atoms with E-state index in [-0.39, 0.29) is 18.3 Å². The van der Waals surface area contributed by atoms with E-state index in [1.807, 2.05) is 18.2 Å². The van der Waals surface area contributed by atoms with Crippen LogP contribution < -0.4 is 5.32 Å². The van der Waals surface area contributed by atoms with Crippen molar-refractivity contribution in [2.24, 2.45) is 0 Å². The standard InChI is InChI=1S/C16H15F2NO2S/c17-14-6-5-13(7-15(14)18)22-10-16(21)19-8-11-3-1-2-4-12(11)9-20/h1-7,20H,8-10H2,(H,19,21). The first kappa shape index (κ1) is 16.5. The summed E-state index contributed by atoms with van der Waals surface area (Å²) in [6.45, 7) is 0.226. The number of carbonyl (C=O) groups excluding carboxylic acids is 1. The van der Waals surface area contributed by atoms with E-state index >= 15 is 0 Å². The largest absolute Gasteiger partial charge is 0.392 e. The highest BCUT2D eigenvalue weighted by molar-refractivity contribution is 8.00. The summed E-state index contributed by atoms with van der Waals surface area (Å²) in [4.78, 5) is 12.3. The first-order chi connectivity index (χ1) is 10.6. The molecule has 0 bridgehead atoms. The molecule has 0 radical (unpaired) electrons. The van der Waals surface area contributed by atoms with E-state index in [4.69, 9.17) is 0 Å². The third-order valence-electron chi connectivity index (χ3n) is 3.03. The Kier molecular flexibility index (Phi) is 5.91. The molecule has 0 saturated heterocycles. The molecule has 0 aliphatic carbocycles. The first-order valence-corrected chi connectivity index (χ1v) is 7.61. The van der Waals surface area contributed by atoms with E-state index in [0.29, 0.717) is 11.4 Å². The highest BCUT2D eigenvalue weighted by atomic mass is 32.2. The Balaban J connectivity index is 1.84. The van der Waals surface area contributed by atoms with Crippen molar-refractivity contribution in [2.45, 2.75) is 18.0 Å². The predicted molar refractivity (Wildman–Crippen MR) is 81.3 cm³/mol. The van der Waals surface area contributed by atoms with Crippen LogP contribution in [0.1, 0.15) is 11.1 Å². The summed E-state index contributed by atoms with van der Waals surface area (Å²) in [5, 5.41) is 11.9. The minimum absolute atomic E-state index is 0.0876. The lowest BCUT2D eigenvalue weighted by molar-refractivity contribution is -0.118. The Morgan fingerprint density at radius 2 is 1.82 bits per heavy atom. The second-order valence-corrected chi connectivity index (χ2v) is 5.62. The number of aliphatic hydroxyl groups is 1. The second kappa shape index (κ2) is 7.91. The van der Waals surface area contributed by atoms with Gasteiger partial charge < -0.3 is 10.4 Å². The Morgan fingerprint density at radius 1 is 1.09 bits per heavy atom. The molecule has 2 N–H and O–H groups in total. The lowest BCUT2D eigenvalue weighted by atomic mass is 10.1. The van der Waals surface area contributed by atoms with Gasteiger partial charge >= 0.3 is 0 Å². The van der Waals surface area contributed by atoms with Crippen LogP contribution in [0.2, 0.25) is 0 Å². The molecule has 0 aromatic heterocycles. The number of carbonyl (C=O) groups is 1. The molecule has 0 aliphatic rings. The molecule has 2 rings (SSSR count). The smallest absolute Gasteiger partial charge is 0.230 e. The minimum Gasteiger partial charge on any atom is -0.392 e. The minimum atomic E-state index is -0.928. The summed E-state index contributed by atoms with van der Waals surface area (Å²) in [5.41, 5.74) is 1.60. The molecule has 0 heterocycles. The molecule has 0 spiro atoms. The van der Waals surface area contributed by atoms with Crippen molar-refractivity contribution in [1.29, 1.82) is 0 Å². The molecule has 0 fully saturated rings. The van der Waals surface area contributed by atoms with Crippen molar-refractivity contribution in [3.05, 3.63) is 65.2 Å². The molecule has 22 heavy (non-hydrogen) atoms. The maximum absolute atomic E-state index is 13.0. The quantitative estimate of drug-likeness (QED) is 0.804. The number of amides is 1. The van der Waals surface area contributed by atoms with Crippen LogP contribution in [-0.4, -0.2) is 16.8 Å². The third kappa shape index (κ3) is 4.54. The first-order valence-electron chi connectivity index (χ1n) is 6.62. The number of hydrogen-bond acceptors (Lipinski definition) is 3. The highest BCUT2D eigenvalue weighted by Crippen LogP contribution is 2.20. The lowest BCUT2D eigenvalue weighted by Crippen LogP contribution is -2.25. The fourth-order valence-electron chi connectivity index (χ4n) is 1.84. The maximum atomic E-state index is 13.0. The molecule has 0 unspecified atom stereocenters. The second-order valence-electron chi connectivity index (χ2n) is 4.57. The Bertz CT molecular complexity index is 664. The number of benzene rings is 2. The average Bonchev–Trinajstić information content (AvgIpc) is 2.54. The van der Waals surface area contributed by atoms with Crippen LogP contribution in [0.5, 0.6) is 0 Å². The predicted octanol–water partition coefficient (Wildman–Crippen LogP) is 2.87. The van der Waals surface area contributed by atoms with Crippen LogP contribution in [0.15, 0.2) is 47.4 Å². The Labute approximate surface area is 131 Å². The van der Waals surface area contributed by atoms with Gasteiger partial charge in [0.15, 0.2) is 11.6 Å². The van der Waals surface area contributed by atoms with E-state index in [1.165, 1.54) is 6.07 Å². The fourth-order valence-corrected chi connectivity index (χ4v) is 2.60. The highest BCUT2D eigenvalue weighted by Gasteiger charge is 2.07. The van der Waals surface area contributed by atoms with Gasteiger partial charge in [-0.15, -0.1) is 11.8 Å². The summed E-state index contributed by atoms with van der Waals surface area (Å²) < 4.78 is 25.8. The Morgan fingerprint density at radius 3 is 2.50 bits per heavy atom. The Hall–Kier alpha value is -1.92. The number of rotatable bonds is 6. The van der Waals surface area contributed by atoms with Gasteiger partial charge in [0, 0.05) is 11.4 Å². The molecule has 3 nitrogen and oxygen atoms in total. The van der Waals surface area contributed by atoms with Crippen molar-refractivity contribution in [3.63, 3.8) is 0 Å². The van der Waals surface area contributed by atoms with Crippen molar-refractivity contribution in [3.8, 4) is 0 Å². The summed E-state index contributed by atoms with van der Waals surface area (Å²) in [7, 11) is 0. The topological polar surface area (TPSA) is 49.3 Å². The molecular formula is C16H15F2NO2S. The average molecular weight is 323 g/mol. The summed E-state index contributed by atoms with van der Waals surface area (Å²) in [5.74, 6) is -1.95. The van der Waals surface area contributed by atoms with E-state index in [0.717, 1.165) is 35.0 Å². The van der Waals surface area contributed by atoms with Crippen LogP contribution in [0.3, 0.4) is 0 Å². The lowest BCUT2D eigenvalue weighted by Gasteiger charge is -2.09. The van der Waals surface area contributed by atoms with Crippen LogP contribution in [0.4, 0.5) is 8.78 Å². The van der Waals surface area contributed by atoms with E-state index in [2.05, 4.69) is 5.32 Å². The van der Waals surface area contributed by atoms with E-state index in [9.17, 15) is 18.7 Å². The van der Waals surface area contributed by atoms with Gasteiger partial charge in [0.1, 0.15) is 0 Å². The molecule has 0 saturated carbocycles. The number of nitrogens with one attached hydrogen (secondary N) is 1. The van der Waals surface area contributed by atoms with Crippen LogP contribution in [0, 0.1) is 11.6 Å². The number of aliphatic hydroxyl groups excluding tert-OH is 1. The molecule has 2 aromatic rings. The van der Waals surface area contributed by atoms with Gasteiger partial charge in [0.05, 0.1) is 12.4 Å². The molecule has 116 valence electrons. The van der Waals surface area contributed by atoms with Crippen LogP contribution in [0.25, 0.3) is 0 Å². The van der Waals surface area contributed by atoms with Crippen molar-refractivity contribution in [2.75, 3.05) is 5.75 Å². The fraction of sp³-hybridized carbons (Fsp3) is 0.188. The van der Waals surface area contributed by atoms with Crippen molar-refractivity contribution >= 4 is 17.7 Å². The monoisotopic (exact) mass is 323 g/mol. The zero-order valence-electron chi connectivity index (χ0n) is 11.7.